The van der Waals surface area contributed by atoms with Crippen molar-refractivity contribution in [2.24, 2.45) is 0 Å². The van der Waals surface area contributed by atoms with E-state index in [0.29, 0.717) is 11.5 Å². The Morgan fingerprint density at radius 2 is 1.93 bits per heavy atom. The van der Waals surface area contributed by atoms with Gasteiger partial charge in [-0.1, -0.05) is 35.5 Å². The maximum Gasteiger partial charge on any atom is 0.189 e. The summed E-state index contributed by atoms with van der Waals surface area (Å²) >= 11 is 0. The van der Waals surface area contributed by atoms with Crippen LogP contribution in [0.25, 0.3) is 11.3 Å². The van der Waals surface area contributed by atoms with Gasteiger partial charge in [-0.2, -0.15) is 0 Å². The second kappa shape index (κ2) is 3.54. The van der Waals surface area contributed by atoms with Crippen molar-refractivity contribution in [3.63, 3.8) is 0 Å². The Bertz CT molecular complexity index is 420. The van der Waals surface area contributed by atoms with E-state index in [0.717, 1.165) is 11.3 Å². The van der Waals surface area contributed by atoms with E-state index < -0.39 is 0 Å². The van der Waals surface area contributed by atoms with E-state index in [-0.39, 0.29) is 0 Å². The lowest BCUT2D eigenvalue weighted by molar-refractivity contribution is 0.371. The van der Waals surface area contributed by atoms with Gasteiger partial charge in [-0.3, -0.25) is 0 Å². The zero-order valence-electron chi connectivity index (χ0n) is 8.15. The van der Waals surface area contributed by atoms with Crippen LogP contribution >= 0.6 is 0 Å². The van der Waals surface area contributed by atoms with Crippen molar-refractivity contribution >= 4 is 0 Å². The maximum absolute atomic E-state index is 5.21. The summed E-state index contributed by atoms with van der Waals surface area (Å²) in [6, 6.07) is 9.82. The number of aromatic nitrogens is 1. The number of hydrogen-bond donors (Lipinski definition) is 0. The van der Waals surface area contributed by atoms with E-state index in [1.165, 1.54) is 0 Å². The fraction of sp³-hybridized carbons (Fsp3) is 0.182. The average Bonchev–Trinajstić information content (AvgIpc) is 2.61. The highest BCUT2D eigenvalue weighted by Crippen LogP contribution is 2.31. The predicted molar refractivity (Wildman–Crippen MR) is 53.2 cm³/mol. The number of rotatable bonds is 2. The topological polar surface area (TPSA) is 35.3 Å². The minimum Gasteiger partial charge on any atom is -0.491 e. The van der Waals surface area contributed by atoms with Crippen molar-refractivity contribution in [1.29, 1.82) is 0 Å². The lowest BCUT2D eigenvalue weighted by Crippen LogP contribution is -1.86. The van der Waals surface area contributed by atoms with Crippen LogP contribution in [0.15, 0.2) is 34.9 Å². The van der Waals surface area contributed by atoms with Gasteiger partial charge in [0.25, 0.3) is 0 Å². The first-order valence-electron chi connectivity index (χ1n) is 4.38. The highest BCUT2D eigenvalue weighted by atomic mass is 16.5. The third-order valence-corrected chi connectivity index (χ3v) is 2.06. The van der Waals surface area contributed by atoms with Gasteiger partial charge < -0.3 is 9.26 Å². The van der Waals surface area contributed by atoms with Crippen LogP contribution < -0.4 is 4.74 Å². The van der Waals surface area contributed by atoms with Crippen LogP contribution in [0, 0.1) is 6.92 Å². The summed E-state index contributed by atoms with van der Waals surface area (Å²) in [5.41, 5.74) is 1.76. The molecule has 72 valence electrons. The van der Waals surface area contributed by atoms with Crippen LogP contribution in [0.5, 0.6) is 5.75 Å². The number of aryl methyl sites for hydroxylation is 1. The summed E-state index contributed by atoms with van der Waals surface area (Å²) in [6.45, 7) is 1.83. The first-order chi connectivity index (χ1) is 6.83. The third kappa shape index (κ3) is 1.37. The fourth-order valence-electron chi connectivity index (χ4n) is 1.38. The van der Waals surface area contributed by atoms with E-state index in [1.54, 1.807) is 7.11 Å². The standard InChI is InChI=1S/C11H11NO2/c1-8-11(13-2)10(12-14-8)9-6-4-3-5-7-9/h3-7H,1-2H3. The molecule has 14 heavy (non-hydrogen) atoms. The van der Waals surface area contributed by atoms with E-state index in [2.05, 4.69) is 5.16 Å². The normalized spacial score (nSPS) is 10.1. The summed E-state index contributed by atoms with van der Waals surface area (Å²) in [5, 5.41) is 3.96. The summed E-state index contributed by atoms with van der Waals surface area (Å²) in [6.07, 6.45) is 0. The minimum absolute atomic E-state index is 0.700. The van der Waals surface area contributed by atoms with Crippen molar-refractivity contribution in [1.82, 2.24) is 5.16 Å². The molecule has 0 aliphatic heterocycles. The molecule has 3 heteroatoms. The highest BCUT2D eigenvalue weighted by Gasteiger charge is 2.14. The molecule has 3 nitrogen and oxygen atoms in total. The molecule has 0 fully saturated rings. The molecule has 0 unspecified atom stereocenters. The molecule has 0 saturated heterocycles. The summed E-state index contributed by atoms with van der Waals surface area (Å²) in [7, 11) is 1.62. The lowest BCUT2D eigenvalue weighted by atomic mass is 10.1. The van der Waals surface area contributed by atoms with Crippen LogP contribution in [0.2, 0.25) is 0 Å². The highest BCUT2D eigenvalue weighted by molar-refractivity contribution is 5.66. The summed E-state index contributed by atoms with van der Waals surface area (Å²) in [4.78, 5) is 0. The second-order valence-electron chi connectivity index (χ2n) is 2.99. The molecule has 0 amide bonds. The molecule has 1 aromatic heterocycles. The van der Waals surface area contributed by atoms with Crippen LogP contribution in [0.1, 0.15) is 5.76 Å². The van der Waals surface area contributed by atoms with Gasteiger partial charge >= 0.3 is 0 Å². The molecule has 0 saturated carbocycles. The Kier molecular flexibility index (Phi) is 2.23. The van der Waals surface area contributed by atoms with Crippen molar-refractivity contribution in [2.45, 2.75) is 6.92 Å². The molecular weight excluding hydrogens is 178 g/mol. The Balaban J connectivity index is 2.52. The predicted octanol–water partition coefficient (Wildman–Crippen LogP) is 2.66. The van der Waals surface area contributed by atoms with Crippen molar-refractivity contribution in [3.05, 3.63) is 36.1 Å². The summed E-state index contributed by atoms with van der Waals surface area (Å²) < 4.78 is 10.3. The van der Waals surface area contributed by atoms with Gasteiger partial charge in [-0.05, 0) is 0 Å². The van der Waals surface area contributed by atoms with Crippen molar-refractivity contribution in [2.75, 3.05) is 7.11 Å². The zero-order chi connectivity index (χ0) is 9.97. The van der Waals surface area contributed by atoms with E-state index in [1.807, 2.05) is 37.3 Å². The number of benzene rings is 1. The van der Waals surface area contributed by atoms with Crippen LogP contribution in [-0.4, -0.2) is 12.3 Å². The molecule has 0 atom stereocenters. The largest absolute Gasteiger partial charge is 0.491 e. The number of ether oxygens (including phenoxy) is 1. The molecule has 2 aromatic rings. The number of hydrogen-bond acceptors (Lipinski definition) is 3. The molecule has 1 aromatic carbocycles. The maximum atomic E-state index is 5.21. The van der Waals surface area contributed by atoms with Crippen molar-refractivity contribution in [3.8, 4) is 17.0 Å². The van der Waals surface area contributed by atoms with Gasteiger partial charge in [0, 0.05) is 12.5 Å². The van der Waals surface area contributed by atoms with Crippen LogP contribution in [0.4, 0.5) is 0 Å². The Morgan fingerprint density at radius 3 is 2.57 bits per heavy atom. The molecule has 0 aliphatic carbocycles. The van der Waals surface area contributed by atoms with Gasteiger partial charge in [0.15, 0.2) is 17.2 Å². The molecule has 0 bridgehead atoms. The monoisotopic (exact) mass is 189 g/mol. The lowest BCUT2D eigenvalue weighted by Gasteiger charge is -1.99. The molecule has 0 radical (unpaired) electrons. The second-order valence-corrected chi connectivity index (χ2v) is 2.99. The molecule has 0 aliphatic rings. The quantitative estimate of drug-likeness (QED) is 0.728. The molecule has 0 N–H and O–H groups in total. The van der Waals surface area contributed by atoms with Gasteiger partial charge in [0.05, 0.1) is 7.11 Å². The SMILES string of the molecule is COc1c(-c2ccccc2)noc1C. The molecule has 0 spiro atoms. The smallest absolute Gasteiger partial charge is 0.189 e. The van der Waals surface area contributed by atoms with Gasteiger partial charge in [-0.25, -0.2) is 0 Å². The Labute approximate surface area is 82.3 Å². The van der Waals surface area contributed by atoms with Gasteiger partial charge in [0.2, 0.25) is 0 Å². The van der Waals surface area contributed by atoms with E-state index >= 15 is 0 Å². The Morgan fingerprint density at radius 1 is 1.21 bits per heavy atom. The summed E-state index contributed by atoms with van der Waals surface area (Å²) in [5.74, 6) is 1.41. The number of methoxy groups -OCH3 is 1. The van der Waals surface area contributed by atoms with Crippen molar-refractivity contribution < 1.29 is 9.26 Å². The van der Waals surface area contributed by atoms with Crippen LogP contribution in [-0.2, 0) is 0 Å². The minimum atomic E-state index is 0.700. The Hall–Kier alpha value is -1.77. The average molecular weight is 189 g/mol. The van der Waals surface area contributed by atoms with Gasteiger partial charge in [0.1, 0.15) is 0 Å². The van der Waals surface area contributed by atoms with Crippen LogP contribution in [0.3, 0.4) is 0 Å². The third-order valence-electron chi connectivity index (χ3n) is 2.06. The molecule has 2 rings (SSSR count). The number of nitrogens with zero attached hydrogens (tertiary/aromatic N) is 1. The fourth-order valence-corrected chi connectivity index (χ4v) is 1.38. The molecular formula is C11H11NO2. The zero-order valence-corrected chi connectivity index (χ0v) is 8.15. The van der Waals surface area contributed by atoms with E-state index in [4.69, 9.17) is 9.26 Å². The first-order valence-corrected chi connectivity index (χ1v) is 4.38. The molecule has 1 heterocycles. The first kappa shape index (κ1) is 8.81. The van der Waals surface area contributed by atoms with Gasteiger partial charge in [-0.15, -0.1) is 0 Å². The van der Waals surface area contributed by atoms with E-state index in [9.17, 15) is 0 Å².